The Hall–Kier alpha value is -2.14. The number of rotatable bonds is 13. The zero-order chi connectivity index (χ0) is 23.0. The fourth-order valence-electron chi connectivity index (χ4n) is 2.75. The summed E-state index contributed by atoms with van der Waals surface area (Å²) in [7, 11) is 0. The van der Waals surface area contributed by atoms with Gasteiger partial charge in [0.2, 0.25) is 11.9 Å². The van der Waals surface area contributed by atoms with E-state index in [-0.39, 0.29) is 24.8 Å². The predicted molar refractivity (Wildman–Crippen MR) is 146 cm³/mol. The van der Waals surface area contributed by atoms with Crippen molar-refractivity contribution in [2.45, 2.75) is 51.4 Å². The van der Waals surface area contributed by atoms with E-state index >= 15 is 0 Å². The van der Waals surface area contributed by atoms with E-state index in [2.05, 4.69) is 40.6 Å². The third-order valence-corrected chi connectivity index (χ3v) is 4.74. The summed E-state index contributed by atoms with van der Waals surface area (Å²) in [5.41, 5.74) is 11.6. The van der Waals surface area contributed by atoms with Crippen LogP contribution in [-0.2, 0) is 0 Å². The lowest BCUT2D eigenvalue weighted by atomic mass is 10.1. The Balaban J connectivity index is 0.00000544. The van der Waals surface area contributed by atoms with Gasteiger partial charge in [0.15, 0.2) is 11.9 Å². The first-order valence-corrected chi connectivity index (χ1v) is 11.4. The molecule has 0 unspecified atom stereocenters. The highest BCUT2D eigenvalue weighted by Gasteiger charge is 1.99. The van der Waals surface area contributed by atoms with Gasteiger partial charge in [0.1, 0.15) is 0 Å². The molecule has 2 rings (SSSR count). The van der Waals surface area contributed by atoms with Crippen LogP contribution in [0.3, 0.4) is 0 Å². The Kier molecular flexibility index (Phi) is 18.0. The van der Waals surface area contributed by atoms with Crippen molar-refractivity contribution in [3.63, 3.8) is 0 Å². The lowest BCUT2D eigenvalue weighted by Gasteiger charge is -2.04. The monoisotopic (exact) mass is 552 g/mol. The largest absolute Gasteiger partial charge is 0.370 e. The van der Waals surface area contributed by atoms with Crippen molar-refractivity contribution >= 4 is 71.8 Å². The number of halogens is 4. The van der Waals surface area contributed by atoms with Gasteiger partial charge in [-0.1, -0.05) is 61.7 Å². The molecule has 6 N–H and O–H groups in total. The summed E-state index contributed by atoms with van der Waals surface area (Å²) in [6, 6.07) is 0. The van der Waals surface area contributed by atoms with Crippen molar-refractivity contribution in [2.24, 2.45) is 21.5 Å². The number of nitrogens with one attached hydrogen (secondary N) is 2. The van der Waals surface area contributed by atoms with Gasteiger partial charge < -0.3 is 11.5 Å². The van der Waals surface area contributed by atoms with E-state index in [0.717, 1.165) is 25.7 Å². The summed E-state index contributed by atoms with van der Waals surface area (Å²) in [6.07, 6.45) is 15.1. The summed E-state index contributed by atoms with van der Waals surface area (Å²) in [6.45, 7) is 1.36. The van der Waals surface area contributed by atoms with Gasteiger partial charge in [0.25, 0.3) is 0 Å². The second kappa shape index (κ2) is 19.2. The summed E-state index contributed by atoms with van der Waals surface area (Å²) in [5.74, 6) is 1.39. The molecule has 0 aliphatic carbocycles. The molecule has 190 valence electrons. The van der Waals surface area contributed by atoms with Gasteiger partial charge in [-0.05, 0) is 12.8 Å². The average molecular weight is 554 g/mol. The minimum Gasteiger partial charge on any atom is -0.370 e. The fraction of sp³-hybridized carbons (Fsp3) is 0.500. The molecule has 0 fully saturated rings. The van der Waals surface area contributed by atoms with Crippen LogP contribution >= 0.6 is 48.0 Å². The molecule has 2 heterocycles. The SMILES string of the molecule is Cl.Cl.NC(=NCCCCCCCCCCN=C(N)Nc1ncc(Cl)cn1)Nc1ncc(Cl)cn1. The third-order valence-electron chi connectivity index (χ3n) is 4.35. The van der Waals surface area contributed by atoms with Crippen molar-refractivity contribution in [1.29, 1.82) is 0 Å². The number of aliphatic imine (C=N–C) groups is 2. The van der Waals surface area contributed by atoms with Crippen LogP contribution in [0.2, 0.25) is 10.0 Å². The van der Waals surface area contributed by atoms with Crippen molar-refractivity contribution in [3.8, 4) is 0 Å². The smallest absolute Gasteiger partial charge is 0.229 e. The molecular formula is C20H32Cl4N10. The minimum atomic E-state index is 0. The number of unbranched alkanes of at least 4 members (excludes halogenated alkanes) is 7. The van der Waals surface area contributed by atoms with Crippen LogP contribution in [0.1, 0.15) is 51.4 Å². The topological polar surface area (TPSA) is 152 Å². The van der Waals surface area contributed by atoms with E-state index in [1.165, 1.54) is 50.5 Å². The molecule has 0 aliphatic heterocycles. The second-order valence-electron chi connectivity index (χ2n) is 7.06. The molecule has 0 spiro atoms. The molecule has 0 atom stereocenters. The van der Waals surface area contributed by atoms with E-state index < -0.39 is 0 Å². The first kappa shape index (κ1) is 31.9. The summed E-state index contributed by atoms with van der Waals surface area (Å²) < 4.78 is 0. The average Bonchev–Trinajstić information content (AvgIpc) is 2.77. The highest BCUT2D eigenvalue weighted by Crippen LogP contribution is 2.09. The van der Waals surface area contributed by atoms with Gasteiger partial charge in [-0.2, -0.15) is 0 Å². The Labute approximate surface area is 222 Å². The van der Waals surface area contributed by atoms with E-state index in [1.807, 2.05) is 0 Å². The molecule has 0 bridgehead atoms. The van der Waals surface area contributed by atoms with E-state index in [9.17, 15) is 0 Å². The zero-order valence-electron chi connectivity index (χ0n) is 18.8. The molecular weight excluding hydrogens is 522 g/mol. The van der Waals surface area contributed by atoms with Crippen molar-refractivity contribution < 1.29 is 0 Å². The first-order chi connectivity index (χ1) is 15.5. The maximum atomic E-state index is 5.82. The van der Waals surface area contributed by atoms with E-state index in [0.29, 0.717) is 47.0 Å². The Morgan fingerprint density at radius 1 is 0.618 bits per heavy atom. The van der Waals surface area contributed by atoms with Crippen LogP contribution in [-0.4, -0.2) is 44.9 Å². The van der Waals surface area contributed by atoms with Gasteiger partial charge in [-0.25, -0.2) is 19.9 Å². The highest BCUT2D eigenvalue weighted by atomic mass is 35.5. The molecule has 14 heteroatoms. The van der Waals surface area contributed by atoms with E-state index in [1.54, 1.807) is 0 Å². The Bertz CT molecular complexity index is 776. The van der Waals surface area contributed by atoms with Crippen LogP contribution in [0.25, 0.3) is 0 Å². The summed E-state index contributed by atoms with van der Waals surface area (Å²) in [4.78, 5) is 24.6. The van der Waals surface area contributed by atoms with Crippen LogP contribution in [0, 0.1) is 0 Å². The molecule has 0 aromatic carbocycles. The van der Waals surface area contributed by atoms with E-state index in [4.69, 9.17) is 34.7 Å². The number of nitrogens with two attached hydrogens (primary N) is 2. The molecule has 2 aromatic rings. The van der Waals surface area contributed by atoms with Crippen molar-refractivity contribution in [3.05, 3.63) is 34.8 Å². The number of anilines is 2. The molecule has 34 heavy (non-hydrogen) atoms. The molecule has 10 nitrogen and oxygen atoms in total. The highest BCUT2D eigenvalue weighted by molar-refractivity contribution is 6.30. The number of guanidine groups is 2. The lowest BCUT2D eigenvalue weighted by Crippen LogP contribution is -2.24. The second-order valence-corrected chi connectivity index (χ2v) is 7.93. The lowest BCUT2D eigenvalue weighted by molar-refractivity contribution is 0.572. The zero-order valence-corrected chi connectivity index (χ0v) is 21.9. The van der Waals surface area contributed by atoms with Crippen LogP contribution < -0.4 is 22.1 Å². The van der Waals surface area contributed by atoms with Gasteiger partial charge in [0.05, 0.1) is 34.8 Å². The minimum absolute atomic E-state index is 0. The number of hydrogen-bond donors (Lipinski definition) is 4. The molecule has 0 saturated heterocycles. The van der Waals surface area contributed by atoms with Crippen molar-refractivity contribution in [1.82, 2.24) is 19.9 Å². The first-order valence-electron chi connectivity index (χ1n) is 10.6. The van der Waals surface area contributed by atoms with Crippen LogP contribution in [0.15, 0.2) is 34.8 Å². The van der Waals surface area contributed by atoms with Gasteiger partial charge in [-0.3, -0.25) is 20.6 Å². The summed E-state index contributed by atoms with van der Waals surface area (Å²) >= 11 is 11.5. The fourth-order valence-corrected chi connectivity index (χ4v) is 2.94. The number of nitrogens with zero attached hydrogens (tertiary/aromatic N) is 6. The third kappa shape index (κ3) is 14.9. The van der Waals surface area contributed by atoms with Crippen molar-refractivity contribution in [2.75, 3.05) is 23.7 Å². The molecule has 0 aliphatic rings. The quantitative estimate of drug-likeness (QED) is 0.158. The van der Waals surface area contributed by atoms with Gasteiger partial charge >= 0.3 is 0 Å². The standard InChI is InChI=1S/C20H30Cl2N10.2ClH/c21-15-11-27-19(28-12-15)31-17(23)25-9-7-5-3-1-2-4-6-8-10-26-18(24)32-20-29-13-16(22)14-30-20;;/h11-14H,1-10H2,(H3,23,25,27,28,31)(H3,24,26,29,30,32);2*1H. The van der Waals surface area contributed by atoms with Crippen LogP contribution in [0.4, 0.5) is 11.9 Å². The predicted octanol–water partition coefficient (Wildman–Crippen LogP) is 4.69. The maximum Gasteiger partial charge on any atom is 0.229 e. The molecule has 0 amide bonds. The number of aromatic nitrogens is 4. The molecule has 0 radical (unpaired) electrons. The van der Waals surface area contributed by atoms with Gasteiger partial charge in [0, 0.05) is 13.1 Å². The van der Waals surface area contributed by atoms with Crippen LogP contribution in [0.5, 0.6) is 0 Å². The Morgan fingerprint density at radius 2 is 0.912 bits per heavy atom. The summed E-state index contributed by atoms with van der Waals surface area (Å²) in [5, 5.41) is 6.63. The Morgan fingerprint density at radius 3 is 1.24 bits per heavy atom. The maximum absolute atomic E-state index is 5.82. The normalized spacial score (nSPS) is 11.4. The molecule has 0 saturated carbocycles. The number of hydrogen-bond acceptors (Lipinski definition) is 6. The molecule has 2 aromatic heterocycles. The van der Waals surface area contributed by atoms with Gasteiger partial charge in [-0.15, -0.1) is 24.8 Å².